The second-order valence-corrected chi connectivity index (χ2v) is 6.01. The Morgan fingerprint density at radius 1 is 1.35 bits per heavy atom. The van der Waals surface area contributed by atoms with E-state index in [9.17, 15) is 13.2 Å². The Bertz CT molecular complexity index is 527. The molecule has 0 aliphatic carbocycles. The van der Waals surface area contributed by atoms with E-state index in [1.807, 2.05) is 0 Å². The van der Waals surface area contributed by atoms with Crippen molar-refractivity contribution in [3.63, 3.8) is 0 Å². The molecule has 0 amide bonds. The van der Waals surface area contributed by atoms with Gasteiger partial charge in [-0.3, -0.25) is 0 Å². The first-order valence-electron chi connectivity index (χ1n) is 4.62. The van der Waals surface area contributed by atoms with Crippen LogP contribution >= 0.6 is 10.7 Å². The Morgan fingerprint density at radius 3 is 2.18 bits per heavy atom. The second kappa shape index (κ2) is 4.93. The van der Waals surface area contributed by atoms with Crippen LogP contribution in [0.15, 0.2) is 17.0 Å². The molecule has 1 rings (SSSR count). The first-order chi connectivity index (χ1) is 7.71. The zero-order valence-electron chi connectivity index (χ0n) is 9.23. The van der Waals surface area contributed by atoms with E-state index < -0.39 is 21.6 Å². The van der Waals surface area contributed by atoms with Crippen molar-refractivity contribution in [2.45, 2.75) is 18.7 Å². The molecular formula is C10H11ClO5S. The standard InChI is InChI=1S/C10H11ClO5S/c1-6-3-8(16-5-9(12)13)4-7(2)10(6)17(11,14)15/h3-4H,5H2,1-2H3,(H,12,13). The number of carboxylic acids is 1. The number of aliphatic carboxylic acids is 1. The topological polar surface area (TPSA) is 80.7 Å². The summed E-state index contributed by atoms with van der Waals surface area (Å²) >= 11 is 0. The van der Waals surface area contributed by atoms with Gasteiger partial charge in [0, 0.05) is 10.7 Å². The van der Waals surface area contributed by atoms with E-state index in [1.165, 1.54) is 12.1 Å². The predicted octanol–water partition coefficient (Wildman–Crippen LogP) is 1.69. The van der Waals surface area contributed by atoms with E-state index in [0.29, 0.717) is 16.9 Å². The monoisotopic (exact) mass is 278 g/mol. The van der Waals surface area contributed by atoms with E-state index in [2.05, 4.69) is 0 Å². The molecule has 0 aliphatic heterocycles. The summed E-state index contributed by atoms with van der Waals surface area (Å²) in [5, 5.41) is 8.46. The number of halogens is 1. The lowest BCUT2D eigenvalue weighted by Gasteiger charge is -2.10. The van der Waals surface area contributed by atoms with Crippen LogP contribution in [0.2, 0.25) is 0 Å². The Morgan fingerprint density at radius 2 is 1.82 bits per heavy atom. The number of benzene rings is 1. The molecule has 0 radical (unpaired) electrons. The van der Waals surface area contributed by atoms with Crippen molar-refractivity contribution in [3.05, 3.63) is 23.3 Å². The highest BCUT2D eigenvalue weighted by Crippen LogP contribution is 2.28. The SMILES string of the molecule is Cc1cc(OCC(=O)O)cc(C)c1S(=O)(=O)Cl. The van der Waals surface area contributed by atoms with E-state index >= 15 is 0 Å². The van der Waals surface area contributed by atoms with Crippen molar-refractivity contribution in [2.24, 2.45) is 0 Å². The lowest BCUT2D eigenvalue weighted by atomic mass is 10.1. The van der Waals surface area contributed by atoms with Gasteiger partial charge >= 0.3 is 5.97 Å². The highest BCUT2D eigenvalue weighted by Gasteiger charge is 2.17. The quantitative estimate of drug-likeness (QED) is 0.848. The van der Waals surface area contributed by atoms with Crippen LogP contribution in [0.25, 0.3) is 0 Å². The van der Waals surface area contributed by atoms with Gasteiger partial charge in [0.1, 0.15) is 5.75 Å². The third-order valence-electron chi connectivity index (χ3n) is 2.04. The number of carboxylic acid groups (broad SMARTS) is 1. The molecule has 0 spiro atoms. The molecular weight excluding hydrogens is 268 g/mol. The molecule has 0 atom stereocenters. The van der Waals surface area contributed by atoms with Crippen molar-refractivity contribution >= 4 is 25.7 Å². The average molecular weight is 279 g/mol. The fraction of sp³-hybridized carbons (Fsp3) is 0.300. The summed E-state index contributed by atoms with van der Waals surface area (Å²) in [4.78, 5) is 10.4. The molecule has 17 heavy (non-hydrogen) atoms. The largest absolute Gasteiger partial charge is 0.482 e. The number of hydrogen-bond acceptors (Lipinski definition) is 4. The minimum atomic E-state index is -3.81. The molecule has 0 aliphatic rings. The molecule has 0 saturated carbocycles. The van der Waals surface area contributed by atoms with Crippen molar-refractivity contribution in [2.75, 3.05) is 6.61 Å². The third kappa shape index (κ3) is 3.61. The van der Waals surface area contributed by atoms with Crippen LogP contribution in [-0.2, 0) is 13.8 Å². The summed E-state index contributed by atoms with van der Waals surface area (Å²) in [5.74, 6) is -0.805. The normalized spacial score (nSPS) is 11.2. The van der Waals surface area contributed by atoms with Crippen LogP contribution < -0.4 is 4.74 Å². The first kappa shape index (κ1) is 13.8. The first-order valence-corrected chi connectivity index (χ1v) is 6.93. The number of hydrogen-bond donors (Lipinski definition) is 1. The van der Waals surface area contributed by atoms with Gasteiger partial charge in [0.15, 0.2) is 6.61 Å². The molecule has 0 unspecified atom stereocenters. The van der Waals surface area contributed by atoms with Crippen molar-refractivity contribution in [3.8, 4) is 5.75 Å². The van der Waals surface area contributed by atoms with E-state index in [-0.39, 0.29) is 4.90 Å². The molecule has 0 heterocycles. The van der Waals surface area contributed by atoms with Crippen LogP contribution in [0.4, 0.5) is 0 Å². The highest BCUT2D eigenvalue weighted by atomic mass is 35.7. The predicted molar refractivity (Wildman–Crippen MR) is 62.1 cm³/mol. The minimum Gasteiger partial charge on any atom is -0.482 e. The molecule has 0 saturated heterocycles. The van der Waals surface area contributed by atoms with Gasteiger partial charge in [0.05, 0.1) is 4.90 Å². The molecule has 1 aromatic carbocycles. The molecule has 5 nitrogen and oxygen atoms in total. The van der Waals surface area contributed by atoms with Gasteiger partial charge in [0.2, 0.25) is 0 Å². The van der Waals surface area contributed by atoms with E-state index in [4.69, 9.17) is 20.5 Å². The molecule has 94 valence electrons. The summed E-state index contributed by atoms with van der Waals surface area (Å²) in [6.07, 6.45) is 0. The Balaban J connectivity index is 3.15. The number of aryl methyl sites for hydroxylation is 2. The summed E-state index contributed by atoms with van der Waals surface area (Å²) < 4.78 is 27.5. The van der Waals surface area contributed by atoms with Crippen LogP contribution in [0.1, 0.15) is 11.1 Å². The molecule has 1 aromatic rings. The van der Waals surface area contributed by atoms with Crippen molar-refractivity contribution < 1.29 is 23.1 Å². The van der Waals surface area contributed by atoms with Crippen LogP contribution in [-0.4, -0.2) is 26.1 Å². The van der Waals surface area contributed by atoms with Gasteiger partial charge < -0.3 is 9.84 Å². The number of ether oxygens (including phenoxy) is 1. The third-order valence-corrected chi connectivity index (χ3v) is 3.63. The van der Waals surface area contributed by atoms with E-state index in [0.717, 1.165) is 0 Å². The Kier molecular flexibility index (Phi) is 4.00. The fourth-order valence-corrected chi connectivity index (χ4v) is 3.14. The second-order valence-electron chi connectivity index (χ2n) is 3.51. The smallest absolute Gasteiger partial charge is 0.341 e. The van der Waals surface area contributed by atoms with Gasteiger partial charge in [-0.15, -0.1) is 0 Å². The van der Waals surface area contributed by atoms with Crippen molar-refractivity contribution in [1.82, 2.24) is 0 Å². The van der Waals surface area contributed by atoms with Gasteiger partial charge in [-0.1, -0.05) is 0 Å². The zero-order chi connectivity index (χ0) is 13.2. The van der Waals surface area contributed by atoms with Gasteiger partial charge in [-0.2, -0.15) is 0 Å². The average Bonchev–Trinajstić information content (AvgIpc) is 2.11. The Labute approximate surface area is 103 Å². The summed E-state index contributed by atoms with van der Waals surface area (Å²) in [6.45, 7) is 2.65. The van der Waals surface area contributed by atoms with Crippen LogP contribution in [0, 0.1) is 13.8 Å². The van der Waals surface area contributed by atoms with E-state index in [1.54, 1.807) is 13.8 Å². The maximum Gasteiger partial charge on any atom is 0.341 e. The Hall–Kier alpha value is -1.27. The summed E-state index contributed by atoms with van der Waals surface area (Å²) in [6, 6.07) is 2.87. The van der Waals surface area contributed by atoms with Gasteiger partial charge in [0.25, 0.3) is 9.05 Å². The number of rotatable bonds is 4. The minimum absolute atomic E-state index is 0.0295. The van der Waals surface area contributed by atoms with Crippen molar-refractivity contribution in [1.29, 1.82) is 0 Å². The molecule has 1 N–H and O–H groups in total. The number of carbonyl (C=O) groups is 1. The van der Waals surface area contributed by atoms with Crippen LogP contribution in [0.3, 0.4) is 0 Å². The van der Waals surface area contributed by atoms with Gasteiger partial charge in [-0.05, 0) is 37.1 Å². The molecule has 0 bridgehead atoms. The molecule has 0 fully saturated rings. The highest BCUT2D eigenvalue weighted by molar-refractivity contribution is 8.13. The lowest BCUT2D eigenvalue weighted by molar-refractivity contribution is -0.139. The lowest BCUT2D eigenvalue weighted by Crippen LogP contribution is -2.10. The summed E-state index contributed by atoms with van der Waals surface area (Å²) in [5.41, 5.74) is 0.834. The fourth-order valence-electron chi connectivity index (χ4n) is 1.52. The zero-order valence-corrected chi connectivity index (χ0v) is 10.8. The summed E-state index contributed by atoms with van der Waals surface area (Å²) in [7, 11) is 1.47. The maximum atomic E-state index is 11.3. The van der Waals surface area contributed by atoms with Gasteiger partial charge in [-0.25, -0.2) is 13.2 Å². The molecule has 0 aromatic heterocycles. The molecule has 7 heteroatoms. The maximum absolute atomic E-state index is 11.3. The van der Waals surface area contributed by atoms with Crippen LogP contribution in [0.5, 0.6) is 5.75 Å².